The number of carboxylic acid groups (broad SMARTS) is 2. The lowest BCUT2D eigenvalue weighted by Crippen LogP contribution is -2.12. The lowest BCUT2D eigenvalue weighted by molar-refractivity contribution is 0.0686. The largest absolute Gasteiger partial charge is 0.478 e. The Hall–Kier alpha value is -7.12. The first-order valence-electron chi connectivity index (χ1n) is 17.2. The van der Waals surface area contributed by atoms with Gasteiger partial charge in [0.15, 0.2) is 0 Å². The van der Waals surface area contributed by atoms with Crippen LogP contribution in [0.3, 0.4) is 0 Å². The summed E-state index contributed by atoms with van der Waals surface area (Å²) in [4.78, 5) is 68.7. The molecule has 0 spiro atoms. The Balaban J connectivity index is 0.000000183. The average Bonchev–Trinajstić information content (AvgIpc) is 3.62. The second-order valence-corrected chi connectivity index (χ2v) is 13.9. The third-order valence-electron chi connectivity index (χ3n) is 9.56. The van der Waals surface area contributed by atoms with Crippen molar-refractivity contribution in [2.75, 3.05) is 5.73 Å². The number of nitrogens with zero attached hydrogens (tertiary/aromatic N) is 3. The molecule has 8 rings (SSSR count). The topological polar surface area (TPSA) is 189 Å². The van der Waals surface area contributed by atoms with Crippen LogP contribution in [0.2, 0.25) is 0 Å². The number of carbonyl (C=O) groups excluding carboxylic acids is 2. The number of aromatic carboxylic acids is 2. The molecule has 0 unspecified atom stereocenters. The van der Waals surface area contributed by atoms with Gasteiger partial charge in [-0.1, -0.05) is 24.3 Å². The number of H-pyrrole nitrogens is 1. The summed E-state index contributed by atoms with van der Waals surface area (Å²) in [5, 5.41) is 18.9. The molecule has 0 bridgehead atoms. The van der Waals surface area contributed by atoms with E-state index in [1.807, 2.05) is 60.7 Å². The molecule has 56 heavy (non-hydrogen) atoms. The fraction of sp³-hybridized carbons (Fsp3) is 0.0698. The van der Waals surface area contributed by atoms with E-state index < -0.39 is 11.9 Å². The normalized spacial score (nSPS) is 11.1. The zero-order chi connectivity index (χ0) is 40.0. The van der Waals surface area contributed by atoms with Crippen LogP contribution in [0, 0.1) is 20.8 Å². The molecular formula is C43H32BrN5O7. The first-order chi connectivity index (χ1) is 26.8. The molecule has 0 saturated carbocycles. The molecule has 8 aromatic rings. The molecule has 0 aliphatic rings. The number of hydrogen-bond acceptors (Lipinski definition) is 7. The number of aromatic nitrogens is 4. The van der Waals surface area contributed by atoms with Crippen LogP contribution < -0.4 is 11.3 Å². The second kappa shape index (κ2) is 14.6. The van der Waals surface area contributed by atoms with Crippen molar-refractivity contribution in [1.82, 2.24) is 18.8 Å². The van der Waals surface area contributed by atoms with Crippen LogP contribution in [0.25, 0.3) is 33.1 Å². The van der Waals surface area contributed by atoms with Crippen LogP contribution in [0.4, 0.5) is 5.69 Å². The molecular weight excluding hydrogens is 778 g/mol. The number of hydrogen-bond donors (Lipinski definition) is 4. The molecule has 0 radical (unpaired) electrons. The van der Waals surface area contributed by atoms with Gasteiger partial charge in [-0.3, -0.25) is 14.4 Å². The van der Waals surface area contributed by atoms with E-state index in [2.05, 4.69) is 25.9 Å². The van der Waals surface area contributed by atoms with Gasteiger partial charge in [-0.05, 0) is 126 Å². The summed E-state index contributed by atoms with van der Waals surface area (Å²) in [6, 6.07) is 27.1. The van der Waals surface area contributed by atoms with Crippen LogP contribution in [0.1, 0.15) is 69.8 Å². The minimum atomic E-state index is -1.16. The molecule has 0 aliphatic heterocycles. The number of ketones is 2. The summed E-state index contributed by atoms with van der Waals surface area (Å²) in [6.45, 7) is 5.40. The van der Waals surface area contributed by atoms with Gasteiger partial charge < -0.3 is 29.7 Å². The highest BCUT2D eigenvalue weighted by molar-refractivity contribution is 9.10. The van der Waals surface area contributed by atoms with E-state index in [0.717, 1.165) is 32.2 Å². The number of carboxylic acids is 2. The van der Waals surface area contributed by atoms with Crippen molar-refractivity contribution in [2.45, 2.75) is 20.8 Å². The van der Waals surface area contributed by atoms with Crippen LogP contribution >= 0.6 is 15.9 Å². The average molecular weight is 811 g/mol. The van der Waals surface area contributed by atoms with Crippen molar-refractivity contribution in [3.05, 3.63) is 175 Å². The molecule has 0 aliphatic carbocycles. The smallest absolute Gasteiger partial charge is 0.337 e. The standard InChI is InChI=1S/C26H19N3O4.C17H13BrN2O3/c1-14-22(16-6-5-7-18(12-16)26(32)33)21-8-3-4-11-29(21)23(14)24(30)17-9-10-20-19(13-17)25(31)28-15(2)27-20;1-9-14(18)13-4-2-3-7-20(13)15(9)16(21)10-5-6-12(19)11(8-10)17(22)23/h3-13H,1-2H3,(H,32,33)(H,27,28,31);2-8H,19H2,1H3,(H,22,23). The number of nitrogens with two attached hydrogens (primary N) is 1. The SMILES string of the molecule is Cc1c(Br)c2ccccn2c1C(=O)c1ccc(N)c(C(=O)O)c1.Cc1nc2ccc(C(=O)c3c(C)c(-c4cccc(C(=O)O)c4)c4ccccn34)cc2c(=O)[nH]1. The van der Waals surface area contributed by atoms with Crippen molar-refractivity contribution in [2.24, 2.45) is 0 Å². The Kier molecular flexibility index (Phi) is 9.70. The predicted molar refractivity (Wildman–Crippen MR) is 216 cm³/mol. The van der Waals surface area contributed by atoms with Gasteiger partial charge in [-0.15, -0.1) is 0 Å². The van der Waals surface area contributed by atoms with Gasteiger partial charge in [0.1, 0.15) is 5.82 Å². The highest BCUT2D eigenvalue weighted by atomic mass is 79.9. The number of halogens is 1. The number of nitrogens with one attached hydrogen (secondary N) is 1. The van der Waals surface area contributed by atoms with Crippen molar-refractivity contribution in [1.29, 1.82) is 0 Å². The van der Waals surface area contributed by atoms with E-state index in [-0.39, 0.29) is 39.5 Å². The Morgan fingerprint density at radius 2 is 1.32 bits per heavy atom. The van der Waals surface area contributed by atoms with Gasteiger partial charge in [0.2, 0.25) is 11.6 Å². The number of benzene rings is 3. The van der Waals surface area contributed by atoms with Gasteiger partial charge in [0.05, 0.1) is 44.5 Å². The van der Waals surface area contributed by atoms with Gasteiger partial charge in [-0.2, -0.15) is 0 Å². The fourth-order valence-electron chi connectivity index (χ4n) is 6.91. The van der Waals surface area contributed by atoms with E-state index in [4.69, 9.17) is 10.8 Å². The van der Waals surface area contributed by atoms with E-state index in [1.54, 1.807) is 60.1 Å². The third-order valence-corrected chi connectivity index (χ3v) is 10.6. The number of anilines is 1. The number of carbonyl (C=O) groups is 4. The molecule has 5 N–H and O–H groups in total. The molecule has 278 valence electrons. The Bertz CT molecular complexity index is 3010. The number of fused-ring (bicyclic) bond motifs is 3. The predicted octanol–water partition coefficient (Wildman–Crippen LogP) is 7.91. The number of aromatic amines is 1. The van der Waals surface area contributed by atoms with Crippen molar-refractivity contribution >= 4 is 67.1 Å². The quantitative estimate of drug-likeness (QED) is 0.0916. The highest BCUT2D eigenvalue weighted by Crippen LogP contribution is 2.35. The van der Waals surface area contributed by atoms with Gasteiger partial charge in [0.25, 0.3) is 5.56 Å². The maximum atomic E-state index is 13.7. The molecule has 12 nitrogen and oxygen atoms in total. The number of pyridine rings is 2. The number of aryl methyl sites for hydroxylation is 1. The minimum Gasteiger partial charge on any atom is -0.478 e. The van der Waals surface area contributed by atoms with Crippen LogP contribution in [0.15, 0.2) is 119 Å². The van der Waals surface area contributed by atoms with Crippen LogP contribution in [-0.2, 0) is 0 Å². The first-order valence-corrected chi connectivity index (χ1v) is 18.0. The molecule has 5 heterocycles. The monoisotopic (exact) mass is 809 g/mol. The van der Waals surface area contributed by atoms with Gasteiger partial charge in [0, 0.05) is 39.2 Å². The van der Waals surface area contributed by atoms with E-state index in [1.165, 1.54) is 18.2 Å². The maximum Gasteiger partial charge on any atom is 0.337 e. The Labute approximate surface area is 326 Å². The number of nitrogen functional groups attached to an aromatic ring is 1. The van der Waals surface area contributed by atoms with Gasteiger partial charge >= 0.3 is 11.9 Å². The molecule has 3 aromatic carbocycles. The first kappa shape index (κ1) is 37.2. The Morgan fingerprint density at radius 1 is 0.696 bits per heavy atom. The third kappa shape index (κ3) is 6.54. The molecule has 0 atom stereocenters. The summed E-state index contributed by atoms with van der Waals surface area (Å²) in [7, 11) is 0. The highest BCUT2D eigenvalue weighted by Gasteiger charge is 2.24. The lowest BCUT2D eigenvalue weighted by Gasteiger charge is -2.06. The number of rotatable bonds is 7. The zero-order valence-electron chi connectivity index (χ0n) is 30.1. The summed E-state index contributed by atoms with van der Waals surface area (Å²) in [6.07, 6.45) is 3.61. The maximum absolute atomic E-state index is 13.7. The van der Waals surface area contributed by atoms with E-state index >= 15 is 0 Å². The molecule has 13 heteroatoms. The van der Waals surface area contributed by atoms with Crippen LogP contribution in [-0.4, -0.2) is 52.5 Å². The van der Waals surface area contributed by atoms with Crippen molar-refractivity contribution in [3.63, 3.8) is 0 Å². The molecule has 5 aromatic heterocycles. The summed E-state index contributed by atoms with van der Waals surface area (Å²) < 4.78 is 4.44. The van der Waals surface area contributed by atoms with E-state index in [9.17, 15) is 29.1 Å². The molecule has 0 saturated heterocycles. The van der Waals surface area contributed by atoms with Crippen LogP contribution in [0.5, 0.6) is 0 Å². The summed E-state index contributed by atoms with van der Waals surface area (Å²) in [5.74, 6) is -2.16. The zero-order valence-corrected chi connectivity index (χ0v) is 31.7. The molecule has 0 fully saturated rings. The summed E-state index contributed by atoms with van der Waals surface area (Å²) in [5.41, 5.74) is 12.4. The molecule has 0 amide bonds. The Morgan fingerprint density at radius 3 is 2.00 bits per heavy atom. The van der Waals surface area contributed by atoms with Crippen molar-refractivity contribution in [3.8, 4) is 11.1 Å². The lowest BCUT2D eigenvalue weighted by atomic mass is 9.97. The minimum absolute atomic E-state index is 0.0755. The van der Waals surface area contributed by atoms with E-state index in [0.29, 0.717) is 39.2 Å². The fourth-order valence-corrected chi connectivity index (χ4v) is 7.42. The van der Waals surface area contributed by atoms with Crippen molar-refractivity contribution < 1.29 is 29.4 Å². The second-order valence-electron chi connectivity index (χ2n) is 13.1. The summed E-state index contributed by atoms with van der Waals surface area (Å²) >= 11 is 3.50. The van der Waals surface area contributed by atoms with Gasteiger partial charge in [-0.25, -0.2) is 14.6 Å².